The number of rotatable bonds is 6. The largest absolute Gasteiger partial charge is 0.497 e. The van der Waals surface area contributed by atoms with Crippen LogP contribution in [0.15, 0.2) is 48.5 Å². The second kappa shape index (κ2) is 7.26. The van der Waals surface area contributed by atoms with Crippen molar-refractivity contribution in [1.82, 2.24) is 0 Å². The first-order valence-corrected chi connectivity index (χ1v) is 6.82. The summed E-state index contributed by atoms with van der Waals surface area (Å²) in [7, 11) is 1.60. The van der Waals surface area contributed by atoms with Gasteiger partial charge in [0.05, 0.1) is 7.11 Å². The standard InChI is InChI=1S/C17H17NO4/c1-21-14-8-5-12(6-9-14)7-10-16(19)22-15-4-2-3-13(11-15)17(18)20/h2-6,8-9,11H,7,10H2,1H3,(H2,18,20). The molecule has 0 aliphatic carbocycles. The molecule has 0 radical (unpaired) electrons. The Morgan fingerprint density at radius 1 is 1.05 bits per heavy atom. The number of primary amides is 1. The molecule has 2 aromatic rings. The van der Waals surface area contributed by atoms with Crippen molar-refractivity contribution in [3.63, 3.8) is 0 Å². The number of hydrogen-bond donors (Lipinski definition) is 1. The second-order valence-electron chi connectivity index (χ2n) is 4.71. The summed E-state index contributed by atoms with van der Waals surface area (Å²) >= 11 is 0. The molecule has 22 heavy (non-hydrogen) atoms. The molecule has 2 N–H and O–H groups in total. The zero-order valence-corrected chi connectivity index (χ0v) is 12.2. The Morgan fingerprint density at radius 2 is 1.77 bits per heavy atom. The van der Waals surface area contributed by atoms with Crippen LogP contribution in [0, 0.1) is 0 Å². The fourth-order valence-corrected chi connectivity index (χ4v) is 1.93. The maximum absolute atomic E-state index is 11.8. The van der Waals surface area contributed by atoms with E-state index in [1.807, 2.05) is 24.3 Å². The SMILES string of the molecule is COc1ccc(CCC(=O)Oc2cccc(C(N)=O)c2)cc1. The Labute approximate surface area is 128 Å². The molecule has 0 unspecified atom stereocenters. The molecule has 0 spiro atoms. The van der Waals surface area contributed by atoms with Gasteiger partial charge in [0, 0.05) is 12.0 Å². The van der Waals surface area contributed by atoms with Gasteiger partial charge < -0.3 is 15.2 Å². The van der Waals surface area contributed by atoms with Gasteiger partial charge in [0.2, 0.25) is 5.91 Å². The summed E-state index contributed by atoms with van der Waals surface area (Å²) in [6.45, 7) is 0. The van der Waals surface area contributed by atoms with Crippen molar-refractivity contribution < 1.29 is 19.1 Å². The quantitative estimate of drug-likeness (QED) is 0.656. The highest BCUT2D eigenvalue weighted by Gasteiger charge is 2.08. The topological polar surface area (TPSA) is 78.6 Å². The highest BCUT2D eigenvalue weighted by molar-refractivity contribution is 5.93. The Morgan fingerprint density at radius 3 is 2.41 bits per heavy atom. The van der Waals surface area contributed by atoms with Crippen molar-refractivity contribution in [2.24, 2.45) is 5.73 Å². The van der Waals surface area contributed by atoms with Crippen molar-refractivity contribution in [3.8, 4) is 11.5 Å². The minimum absolute atomic E-state index is 0.243. The summed E-state index contributed by atoms with van der Waals surface area (Å²) in [5, 5.41) is 0. The molecule has 114 valence electrons. The van der Waals surface area contributed by atoms with E-state index in [1.54, 1.807) is 25.3 Å². The van der Waals surface area contributed by atoms with Crippen molar-refractivity contribution in [2.75, 3.05) is 7.11 Å². The molecule has 1 amide bonds. The first-order chi connectivity index (χ1) is 10.6. The van der Waals surface area contributed by atoms with Gasteiger partial charge in [-0.05, 0) is 42.3 Å². The van der Waals surface area contributed by atoms with Crippen LogP contribution in [0.4, 0.5) is 0 Å². The zero-order valence-electron chi connectivity index (χ0n) is 12.2. The minimum Gasteiger partial charge on any atom is -0.497 e. The van der Waals surface area contributed by atoms with E-state index in [-0.39, 0.29) is 12.4 Å². The number of benzene rings is 2. The van der Waals surface area contributed by atoms with Crippen LogP contribution < -0.4 is 15.2 Å². The number of carbonyl (C=O) groups excluding carboxylic acids is 2. The molecule has 2 rings (SSSR count). The normalized spacial score (nSPS) is 10.0. The van der Waals surface area contributed by atoms with Crippen LogP contribution in [0.1, 0.15) is 22.3 Å². The summed E-state index contributed by atoms with van der Waals surface area (Å²) in [6, 6.07) is 13.7. The Bertz CT molecular complexity index is 665. The van der Waals surface area contributed by atoms with Crippen LogP contribution in [0.3, 0.4) is 0 Å². The number of ether oxygens (including phenoxy) is 2. The molecular weight excluding hydrogens is 282 g/mol. The fourth-order valence-electron chi connectivity index (χ4n) is 1.93. The van der Waals surface area contributed by atoms with Crippen molar-refractivity contribution >= 4 is 11.9 Å². The lowest BCUT2D eigenvalue weighted by molar-refractivity contribution is -0.134. The number of nitrogens with two attached hydrogens (primary N) is 1. The molecule has 0 heterocycles. The summed E-state index contributed by atoms with van der Waals surface area (Å²) < 4.78 is 10.3. The van der Waals surface area contributed by atoms with Gasteiger partial charge in [-0.1, -0.05) is 18.2 Å². The van der Waals surface area contributed by atoms with Crippen LogP contribution in [0.25, 0.3) is 0 Å². The molecule has 0 atom stereocenters. The van der Waals surface area contributed by atoms with Crippen molar-refractivity contribution in [3.05, 3.63) is 59.7 Å². The average molecular weight is 299 g/mol. The summed E-state index contributed by atoms with van der Waals surface area (Å²) in [6.07, 6.45) is 0.811. The highest BCUT2D eigenvalue weighted by atomic mass is 16.5. The first-order valence-electron chi connectivity index (χ1n) is 6.82. The Kier molecular flexibility index (Phi) is 5.14. The van der Waals surface area contributed by atoms with Gasteiger partial charge in [0.1, 0.15) is 11.5 Å². The van der Waals surface area contributed by atoms with Crippen molar-refractivity contribution in [1.29, 1.82) is 0 Å². The lowest BCUT2D eigenvalue weighted by Gasteiger charge is -2.06. The van der Waals surface area contributed by atoms with E-state index in [4.69, 9.17) is 15.2 Å². The van der Waals surface area contributed by atoms with Gasteiger partial charge in [-0.2, -0.15) is 0 Å². The lowest BCUT2D eigenvalue weighted by atomic mass is 10.1. The van der Waals surface area contributed by atoms with Crippen LogP contribution in [-0.2, 0) is 11.2 Å². The van der Waals surface area contributed by atoms with E-state index in [9.17, 15) is 9.59 Å². The van der Waals surface area contributed by atoms with Crippen LogP contribution in [0.5, 0.6) is 11.5 Å². The number of hydrogen-bond acceptors (Lipinski definition) is 4. The third-order valence-corrected chi connectivity index (χ3v) is 3.13. The number of aryl methyl sites for hydroxylation is 1. The summed E-state index contributed by atoms with van der Waals surface area (Å²) in [4.78, 5) is 22.9. The fraction of sp³-hybridized carbons (Fsp3) is 0.176. The smallest absolute Gasteiger partial charge is 0.311 e. The van der Waals surface area contributed by atoms with E-state index in [2.05, 4.69) is 0 Å². The first kappa shape index (κ1) is 15.6. The Balaban J connectivity index is 1.89. The summed E-state index contributed by atoms with van der Waals surface area (Å²) in [5.41, 5.74) is 6.51. The molecule has 5 heteroatoms. The van der Waals surface area contributed by atoms with E-state index in [0.29, 0.717) is 17.7 Å². The predicted molar refractivity (Wildman–Crippen MR) is 81.9 cm³/mol. The van der Waals surface area contributed by atoms with Gasteiger partial charge in [0.25, 0.3) is 0 Å². The Hall–Kier alpha value is -2.82. The van der Waals surface area contributed by atoms with Gasteiger partial charge in [0.15, 0.2) is 0 Å². The maximum Gasteiger partial charge on any atom is 0.311 e. The average Bonchev–Trinajstić information content (AvgIpc) is 2.53. The third kappa shape index (κ3) is 4.34. The van der Waals surface area contributed by atoms with Gasteiger partial charge in [-0.15, -0.1) is 0 Å². The lowest BCUT2D eigenvalue weighted by Crippen LogP contribution is -2.12. The second-order valence-corrected chi connectivity index (χ2v) is 4.71. The molecule has 2 aromatic carbocycles. The highest BCUT2D eigenvalue weighted by Crippen LogP contribution is 2.15. The molecule has 0 saturated heterocycles. The number of methoxy groups -OCH3 is 1. The zero-order chi connectivity index (χ0) is 15.9. The van der Waals surface area contributed by atoms with Crippen LogP contribution in [0.2, 0.25) is 0 Å². The van der Waals surface area contributed by atoms with Crippen LogP contribution in [-0.4, -0.2) is 19.0 Å². The number of carbonyl (C=O) groups is 2. The van der Waals surface area contributed by atoms with E-state index in [0.717, 1.165) is 11.3 Å². The minimum atomic E-state index is -0.559. The molecule has 0 saturated carbocycles. The van der Waals surface area contributed by atoms with E-state index < -0.39 is 5.91 Å². The molecule has 0 aliphatic rings. The van der Waals surface area contributed by atoms with E-state index in [1.165, 1.54) is 6.07 Å². The number of amides is 1. The molecule has 5 nitrogen and oxygen atoms in total. The molecule has 0 bridgehead atoms. The molecule has 0 aliphatic heterocycles. The van der Waals surface area contributed by atoms with Gasteiger partial charge in [-0.3, -0.25) is 9.59 Å². The maximum atomic E-state index is 11.8. The third-order valence-electron chi connectivity index (χ3n) is 3.13. The summed E-state index contributed by atoms with van der Waals surface area (Å²) in [5.74, 6) is 0.166. The van der Waals surface area contributed by atoms with Crippen molar-refractivity contribution in [2.45, 2.75) is 12.8 Å². The molecule has 0 fully saturated rings. The van der Waals surface area contributed by atoms with E-state index >= 15 is 0 Å². The monoisotopic (exact) mass is 299 g/mol. The van der Waals surface area contributed by atoms with Gasteiger partial charge in [-0.25, -0.2) is 0 Å². The molecular formula is C17H17NO4. The van der Waals surface area contributed by atoms with Crippen LogP contribution >= 0.6 is 0 Å². The molecule has 0 aromatic heterocycles. The van der Waals surface area contributed by atoms with Gasteiger partial charge >= 0.3 is 5.97 Å². The predicted octanol–water partition coefficient (Wildman–Crippen LogP) is 2.33. The number of esters is 1.